The van der Waals surface area contributed by atoms with Gasteiger partial charge in [-0.05, 0) is 30.3 Å². The molecule has 0 aromatic carbocycles. The van der Waals surface area contributed by atoms with Crippen LogP contribution in [0, 0.1) is 0 Å². The molecule has 0 unspecified atom stereocenters. The molecule has 0 aliphatic carbocycles. The zero-order valence-corrected chi connectivity index (χ0v) is 7.06. The van der Waals surface area contributed by atoms with Crippen LogP contribution in [0.15, 0.2) is 23.3 Å². The van der Waals surface area contributed by atoms with Gasteiger partial charge in [0.15, 0.2) is 5.82 Å². The van der Waals surface area contributed by atoms with Crippen molar-refractivity contribution < 1.29 is 0 Å². The highest BCUT2D eigenvalue weighted by atomic mass is 32.1. The van der Waals surface area contributed by atoms with Crippen LogP contribution in [0.25, 0.3) is 0 Å². The van der Waals surface area contributed by atoms with Crippen molar-refractivity contribution in [3.05, 3.63) is 23.9 Å². The van der Waals surface area contributed by atoms with Crippen LogP contribution in [0.4, 0.5) is 5.82 Å². The second kappa shape index (κ2) is 3.96. The summed E-state index contributed by atoms with van der Waals surface area (Å²) in [6.45, 7) is 2.08. The Morgan fingerprint density at radius 3 is 2.91 bits per heavy atom. The lowest BCUT2D eigenvalue weighted by Gasteiger charge is -1.93. The fourth-order valence-electron chi connectivity index (χ4n) is 0.739. The molecule has 1 aromatic rings. The first kappa shape index (κ1) is 8.05. The summed E-state index contributed by atoms with van der Waals surface area (Å²) in [5, 5.41) is 2.27. The van der Waals surface area contributed by atoms with Crippen LogP contribution >= 0.6 is 12.2 Å². The van der Waals surface area contributed by atoms with E-state index in [2.05, 4.69) is 34.3 Å². The SMILES string of the molecule is CCc1ccc(N=C=S)nc1. The van der Waals surface area contributed by atoms with Gasteiger partial charge in [0.05, 0.1) is 5.16 Å². The van der Waals surface area contributed by atoms with Gasteiger partial charge in [0.1, 0.15) is 0 Å². The Morgan fingerprint density at radius 2 is 2.45 bits per heavy atom. The van der Waals surface area contributed by atoms with Gasteiger partial charge in [-0.15, -0.1) is 0 Å². The molecule has 0 aliphatic heterocycles. The maximum atomic E-state index is 4.44. The fourth-order valence-corrected chi connectivity index (χ4v) is 0.832. The molecule has 0 saturated heterocycles. The highest BCUT2D eigenvalue weighted by Gasteiger charge is 1.89. The number of aliphatic imine (C=N–C) groups is 1. The van der Waals surface area contributed by atoms with Crippen molar-refractivity contribution >= 4 is 23.2 Å². The van der Waals surface area contributed by atoms with E-state index in [4.69, 9.17) is 0 Å². The van der Waals surface area contributed by atoms with Gasteiger partial charge in [-0.1, -0.05) is 13.0 Å². The first-order chi connectivity index (χ1) is 5.36. The topological polar surface area (TPSA) is 25.2 Å². The second-order valence-corrected chi connectivity index (χ2v) is 2.26. The van der Waals surface area contributed by atoms with Crippen LogP contribution in [0.2, 0.25) is 0 Å². The van der Waals surface area contributed by atoms with Crippen LogP contribution in [0.1, 0.15) is 12.5 Å². The van der Waals surface area contributed by atoms with Gasteiger partial charge in [0, 0.05) is 6.20 Å². The zero-order chi connectivity index (χ0) is 8.10. The zero-order valence-electron chi connectivity index (χ0n) is 6.24. The van der Waals surface area contributed by atoms with E-state index in [1.54, 1.807) is 6.20 Å². The molecule has 0 fully saturated rings. The predicted molar refractivity (Wildman–Crippen MR) is 48.3 cm³/mol. The standard InChI is InChI=1S/C8H8N2S/c1-2-7-3-4-8(9-5-7)10-6-11/h3-5H,2H2,1H3. The summed E-state index contributed by atoms with van der Waals surface area (Å²) in [6.07, 6.45) is 2.79. The van der Waals surface area contributed by atoms with E-state index in [0.717, 1.165) is 6.42 Å². The van der Waals surface area contributed by atoms with Crippen LogP contribution < -0.4 is 0 Å². The van der Waals surface area contributed by atoms with Crippen LogP contribution in [0.3, 0.4) is 0 Å². The Kier molecular flexibility index (Phi) is 2.90. The molecule has 0 N–H and O–H groups in total. The van der Waals surface area contributed by atoms with Gasteiger partial charge in [-0.3, -0.25) is 0 Å². The minimum absolute atomic E-state index is 0.622. The maximum absolute atomic E-state index is 4.44. The summed E-state index contributed by atoms with van der Waals surface area (Å²) in [5.41, 5.74) is 1.20. The number of rotatable bonds is 2. The van der Waals surface area contributed by atoms with Gasteiger partial charge in [-0.25, -0.2) is 4.98 Å². The number of nitrogens with zero attached hydrogens (tertiary/aromatic N) is 2. The number of hydrogen-bond donors (Lipinski definition) is 0. The Balaban J connectivity index is 2.91. The van der Waals surface area contributed by atoms with Gasteiger partial charge < -0.3 is 0 Å². The van der Waals surface area contributed by atoms with Gasteiger partial charge in [-0.2, -0.15) is 4.99 Å². The predicted octanol–water partition coefficient (Wildman–Crippen LogP) is 2.38. The minimum Gasteiger partial charge on any atom is -0.236 e. The smallest absolute Gasteiger partial charge is 0.162 e. The molecule has 0 atom stereocenters. The second-order valence-electron chi connectivity index (χ2n) is 2.08. The summed E-state index contributed by atoms with van der Waals surface area (Å²) >= 11 is 4.44. The average Bonchev–Trinajstić information content (AvgIpc) is 2.07. The number of pyridine rings is 1. The van der Waals surface area contributed by atoms with E-state index in [9.17, 15) is 0 Å². The van der Waals surface area contributed by atoms with E-state index >= 15 is 0 Å². The molecular weight excluding hydrogens is 156 g/mol. The quantitative estimate of drug-likeness (QED) is 0.495. The summed E-state index contributed by atoms with van der Waals surface area (Å²) in [6, 6.07) is 3.82. The van der Waals surface area contributed by atoms with Crippen molar-refractivity contribution in [2.45, 2.75) is 13.3 Å². The molecule has 56 valence electrons. The van der Waals surface area contributed by atoms with Gasteiger partial charge in [0.25, 0.3) is 0 Å². The number of hydrogen-bond acceptors (Lipinski definition) is 3. The number of aryl methyl sites for hydroxylation is 1. The first-order valence-corrected chi connectivity index (χ1v) is 3.80. The van der Waals surface area contributed by atoms with E-state index in [-0.39, 0.29) is 0 Å². The first-order valence-electron chi connectivity index (χ1n) is 3.39. The maximum Gasteiger partial charge on any atom is 0.162 e. The third-order valence-corrected chi connectivity index (χ3v) is 1.47. The van der Waals surface area contributed by atoms with Crippen molar-refractivity contribution in [1.82, 2.24) is 4.98 Å². The fraction of sp³-hybridized carbons (Fsp3) is 0.250. The lowest BCUT2D eigenvalue weighted by Crippen LogP contribution is -1.80. The Bertz CT molecular complexity index is 273. The lowest BCUT2D eigenvalue weighted by atomic mass is 10.2. The average molecular weight is 164 g/mol. The minimum atomic E-state index is 0.622. The van der Waals surface area contributed by atoms with E-state index in [0.29, 0.717) is 5.82 Å². The van der Waals surface area contributed by atoms with Gasteiger partial charge in [0.2, 0.25) is 0 Å². The largest absolute Gasteiger partial charge is 0.236 e. The Morgan fingerprint density at radius 1 is 1.64 bits per heavy atom. The normalized spacial score (nSPS) is 8.82. The van der Waals surface area contributed by atoms with Crippen molar-refractivity contribution in [2.75, 3.05) is 0 Å². The molecule has 0 aliphatic rings. The van der Waals surface area contributed by atoms with E-state index in [1.165, 1.54) is 5.56 Å². The Labute approximate surface area is 71.0 Å². The summed E-state index contributed by atoms with van der Waals surface area (Å²) in [4.78, 5) is 7.78. The number of thiocarbonyl (C=S) groups is 1. The summed E-state index contributed by atoms with van der Waals surface area (Å²) in [7, 11) is 0. The third kappa shape index (κ3) is 2.22. The summed E-state index contributed by atoms with van der Waals surface area (Å²) < 4.78 is 0. The monoisotopic (exact) mass is 164 g/mol. The van der Waals surface area contributed by atoms with Crippen molar-refractivity contribution in [2.24, 2.45) is 4.99 Å². The molecule has 0 radical (unpaired) electrons. The Hall–Kier alpha value is -1.05. The van der Waals surface area contributed by atoms with Gasteiger partial charge >= 0.3 is 0 Å². The third-order valence-electron chi connectivity index (χ3n) is 1.38. The number of isothiocyanates is 1. The molecule has 1 aromatic heterocycles. The molecule has 11 heavy (non-hydrogen) atoms. The molecule has 0 bridgehead atoms. The molecule has 0 amide bonds. The molecule has 1 rings (SSSR count). The molecule has 1 heterocycles. The van der Waals surface area contributed by atoms with Crippen molar-refractivity contribution in [1.29, 1.82) is 0 Å². The molecule has 0 spiro atoms. The van der Waals surface area contributed by atoms with Crippen molar-refractivity contribution in [3.8, 4) is 0 Å². The highest BCUT2D eigenvalue weighted by Crippen LogP contribution is 2.07. The molecule has 0 saturated carbocycles. The van der Waals surface area contributed by atoms with E-state index < -0.39 is 0 Å². The molecule has 2 nitrogen and oxygen atoms in total. The molecule has 3 heteroatoms. The summed E-state index contributed by atoms with van der Waals surface area (Å²) in [5.74, 6) is 0.622. The van der Waals surface area contributed by atoms with Crippen LogP contribution in [-0.2, 0) is 6.42 Å². The highest BCUT2D eigenvalue weighted by molar-refractivity contribution is 7.78. The lowest BCUT2D eigenvalue weighted by molar-refractivity contribution is 1.10. The number of aromatic nitrogens is 1. The van der Waals surface area contributed by atoms with Crippen LogP contribution in [-0.4, -0.2) is 10.1 Å². The van der Waals surface area contributed by atoms with Crippen molar-refractivity contribution in [3.63, 3.8) is 0 Å². The molecular formula is C8H8N2S. The van der Waals surface area contributed by atoms with E-state index in [1.807, 2.05) is 12.1 Å². The van der Waals surface area contributed by atoms with Crippen LogP contribution in [0.5, 0.6) is 0 Å².